The zero-order valence-corrected chi connectivity index (χ0v) is 11.3. The number of likely N-dealkylation sites (tertiary alicyclic amines) is 1. The van der Waals surface area contributed by atoms with Crippen LogP contribution < -0.4 is 5.11 Å². The van der Waals surface area contributed by atoms with Gasteiger partial charge in [-0.2, -0.15) is 0 Å². The first-order chi connectivity index (χ1) is 9.61. The van der Waals surface area contributed by atoms with Gasteiger partial charge < -0.3 is 19.5 Å². The van der Waals surface area contributed by atoms with Gasteiger partial charge in [0.15, 0.2) is 0 Å². The van der Waals surface area contributed by atoms with Crippen LogP contribution in [0.4, 0.5) is 0 Å². The van der Waals surface area contributed by atoms with Crippen molar-refractivity contribution in [2.45, 2.75) is 18.2 Å². The van der Waals surface area contributed by atoms with Gasteiger partial charge in [-0.05, 0) is 11.4 Å². The van der Waals surface area contributed by atoms with Gasteiger partial charge >= 0.3 is 0 Å². The van der Waals surface area contributed by atoms with E-state index < -0.39 is 29.5 Å². The molecule has 0 N–H and O–H groups in total. The Bertz CT molecular complexity index is 611. The molecular weight excluding hydrogens is 278 g/mol. The van der Waals surface area contributed by atoms with Gasteiger partial charge in [-0.3, -0.25) is 4.79 Å². The van der Waals surface area contributed by atoms with Crippen LogP contribution in [0.25, 0.3) is 0 Å². The van der Waals surface area contributed by atoms with Crippen LogP contribution in [0.3, 0.4) is 0 Å². The Balaban J connectivity index is 1.65. The highest BCUT2D eigenvalue weighted by Crippen LogP contribution is 2.51. The SMILES string of the molecule is O=C([O-])[C@H]1[C@H]2C(=O)N(Cc3cccs3)C[C@]23C=C[C@H]1O3. The molecule has 1 aromatic heterocycles. The molecule has 4 rings (SSSR count). The number of nitrogens with zero attached hydrogens (tertiary/aromatic N) is 1. The van der Waals surface area contributed by atoms with E-state index in [0.717, 1.165) is 4.88 Å². The number of rotatable bonds is 3. The number of carbonyl (C=O) groups is 2. The first kappa shape index (κ1) is 12.1. The summed E-state index contributed by atoms with van der Waals surface area (Å²) in [5.74, 6) is -2.83. The fourth-order valence-electron chi connectivity index (χ4n) is 3.57. The monoisotopic (exact) mass is 290 g/mol. The molecule has 5 nitrogen and oxygen atoms in total. The van der Waals surface area contributed by atoms with E-state index in [4.69, 9.17) is 4.74 Å². The number of hydrogen-bond acceptors (Lipinski definition) is 5. The highest BCUT2D eigenvalue weighted by atomic mass is 32.1. The molecule has 0 unspecified atom stereocenters. The molecule has 0 radical (unpaired) electrons. The molecule has 1 amide bonds. The summed E-state index contributed by atoms with van der Waals surface area (Å²) < 4.78 is 5.79. The lowest BCUT2D eigenvalue weighted by atomic mass is 9.77. The maximum atomic E-state index is 12.5. The molecule has 0 aliphatic carbocycles. The van der Waals surface area contributed by atoms with Crippen molar-refractivity contribution in [1.29, 1.82) is 0 Å². The fraction of sp³-hybridized carbons (Fsp3) is 0.429. The molecule has 6 heteroatoms. The molecule has 20 heavy (non-hydrogen) atoms. The zero-order chi connectivity index (χ0) is 13.9. The van der Waals surface area contributed by atoms with Crippen molar-refractivity contribution in [1.82, 2.24) is 4.90 Å². The minimum atomic E-state index is -1.20. The number of amides is 1. The fourth-order valence-corrected chi connectivity index (χ4v) is 4.29. The number of carboxylic acids is 1. The van der Waals surface area contributed by atoms with Crippen molar-refractivity contribution in [3.63, 3.8) is 0 Å². The van der Waals surface area contributed by atoms with Crippen LogP contribution in [0.5, 0.6) is 0 Å². The second kappa shape index (κ2) is 3.93. The third-order valence-electron chi connectivity index (χ3n) is 4.38. The molecule has 104 valence electrons. The second-order valence-corrected chi connectivity index (χ2v) is 6.52. The minimum Gasteiger partial charge on any atom is -0.550 e. The topological polar surface area (TPSA) is 69.7 Å². The maximum absolute atomic E-state index is 12.5. The molecule has 2 bridgehead atoms. The standard InChI is InChI=1S/C14H13NO4S/c16-12-11-10(13(17)18)9-3-4-14(11,19-9)7-15(12)6-8-2-1-5-20-8/h1-5,9-11H,6-7H2,(H,17,18)/p-1/t9-,10-,11+,14-/m1/s1. The summed E-state index contributed by atoms with van der Waals surface area (Å²) in [4.78, 5) is 26.6. The van der Waals surface area contributed by atoms with Gasteiger partial charge in [0.2, 0.25) is 5.91 Å². The van der Waals surface area contributed by atoms with Crippen LogP contribution in [0.1, 0.15) is 4.88 Å². The Morgan fingerprint density at radius 2 is 2.45 bits per heavy atom. The van der Waals surface area contributed by atoms with Crippen LogP contribution in [0.2, 0.25) is 0 Å². The Hall–Kier alpha value is -1.66. The summed E-state index contributed by atoms with van der Waals surface area (Å²) in [6, 6.07) is 3.90. The van der Waals surface area contributed by atoms with Crippen LogP contribution in [-0.2, 0) is 20.9 Å². The molecule has 4 atom stereocenters. The normalized spacial score (nSPS) is 37.7. The van der Waals surface area contributed by atoms with Gasteiger partial charge in [-0.15, -0.1) is 11.3 Å². The van der Waals surface area contributed by atoms with E-state index in [0.29, 0.717) is 13.1 Å². The zero-order valence-electron chi connectivity index (χ0n) is 10.5. The number of carboxylic acid groups (broad SMARTS) is 1. The van der Waals surface area contributed by atoms with E-state index in [-0.39, 0.29) is 5.91 Å². The molecule has 0 aromatic carbocycles. The third kappa shape index (κ3) is 1.46. The maximum Gasteiger partial charge on any atom is 0.230 e. The molecule has 3 aliphatic rings. The Morgan fingerprint density at radius 3 is 3.15 bits per heavy atom. The van der Waals surface area contributed by atoms with Crippen molar-refractivity contribution in [3.8, 4) is 0 Å². The second-order valence-electron chi connectivity index (χ2n) is 5.49. The summed E-state index contributed by atoms with van der Waals surface area (Å²) in [7, 11) is 0. The molecular formula is C14H12NO4S-. The predicted molar refractivity (Wildman–Crippen MR) is 68.5 cm³/mol. The van der Waals surface area contributed by atoms with E-state index in [1.165, 1.54) is 0 Å². The van der Waals surface area contributed by atoms with Crippen LogP contribution in [0, 0.1) is 11.8 Å². The van der Waals surface area contributed by atoms with E-state index >= 15 is 0 Å². The summed E-state index contributed by atoms with van der Waals surface area (Å²) >= 11 is 1.58. The number of carbonyl (C=O) groups excluding carboxylic acids is 2. The van der Waals surface area contributed by atoms with Gasteiger partial charge in [0.1, 0.15) is 5.60 Å². The number of ether oxygens (including phenoxy) is 1. The van der Waals surface area contributed by atoms with Crippen molar-refractivity contribution >= 4 is 23.2 Å². The summed E-state index contributed by atoms with van der Waals surface area (Å²) in [6.07, 6.45) is 3.09. The smallest absolute Gasteiger partial charge is 0.230 e. The van der Waals surface area contributed by atoms with Crippen LogP contribution in [-0.4, -0.2) is 35.0 Å². The first-order valence-electron chi connectivity index (χ1n) is 6.50. The highest BCUT2D eigenvalue weighted by molar-refractivity contribution is 7.09. The van der Waals surface area contributed by atoms with E-state index in [1.54, 1.807) is 22.3 Å². The molecule has 0 saturated carbocycles. The largest absolute Gasteiger partial charge is 0.550 e. The van der Waals surface area contributed by atoms with Crippen molar-refractivity contribution < 1.29 is 19.4 Å². The molecule has 4 heterocycles. The summed E-state index contributed by atoms with van der Waals surface area (Å²) in [5, 5.41) is 13.3. The molecule has 1 spiro atoms. The van der Waals surface area contributed by atoms with E-state index in [9.17, 15) is 14.7 Å². The molecule has 2 saturated heterocycles. The minimum absolute atomic E-state index is 0.139. The number of fused-ring (bicyclic) bond motifs is 1. The number of aliphatic carboxylic acids is 1. The van der Waals surface area contributed by atoms with Crippen LogP contribution in [0.15, 0.2) is 29.7 Å². The summed E-state index contributed by atoms with van der Waals surface area (Å²) in [5.41, 5.74) is -0.760. The van der Waals surface area contributed by atoms with Crippen molar-refractivity contribution in [2.24, 2.45) is 11.8 Å². The average Bonchev–Trinajstić information content (AvgIpc) is 3.12. The predicted octanol–water partition coefficient (Wildman–Crippen LogP) is -0.220. The van der Waals surface area contributed by atoms with E-state index in [2.05, 4.69) is 0 Å². The lowest BCUT2D eigenvalue weighted by Crippen LogP contribution is -2.45. The lowest BCUT2D eigenvalue weighted by molar-refractivity contribution is -0.313. The van der Waals surface area contributed by atoms with Crippen LogP contribution >= 0.6 is 11.3 Å². The Labute approximate surface area is 119 Å². The van der Waals surface area contributed by atoms with Gasteiger partial charge in [-0.1, -0.05) is 18.2 Å². The molecule has 2 fully saturated rings. The molecule has 3 aliphatic heterocycles. The Kier molecular flexibility index (Phi) is 2.38. The third-order valence-corrected chi connectivity index (χ3v) is 5.24. The van der Waals surface area contributed by atoms with Gasteiger partial charge in [0, 0.05) is 16.8 Å². The molecule has 1 aromatic rings. The van der Waals surface area contributed by atoms with Gasteiger partial charge in [-0.25, -0.2) is 0 Å². The van der Waals surface area contributed by atoms with E-state index in [1.807, 2.05) is 23.6 Å². The quantitative estimate of drug-likeness (QED) is 0.722. The highest BCUT2D eigenvalue weighted by Gasteiger charge is 2.65. The first-order valence-corrected chi connectivity index (χ1v) is 7.38. The van der Waals surface area contributed by atoms with Gasteiger partial charge in [0.25, 0.3) is 0 Å². The Morgan fingerprint density at radius 1 is 1.60 bits per heavy atom. The average molecular weight is 290 g/mol. The van der Waals surface area contributed by atoms with Gasteiger partial charge in [0.05, 0.1) is 25.1 Å². The van der Waals surface area contributed by atoms with Crippen molar-refractivity contribution in [3.05, 3.63) is 34.5 Å². The number of thiophene rings is 1. The summed E-state index contributed by atoms with van der Waals surface area (Å²) in [6.45, 7) is 0.932. The number of hydrogen-bond donors (Lipinski definition) is 0. The lowest BCUT2D eigenvalue weighted by Gasteiger charge is -2.24. The van der Waals surface area contributed by atoms with Crippen molar-refractivity contribution in [2.75, 3.05) is 6.54 Å².